The third kappa shape index (κ3) is 3.92. The van der Waals surface area contributed by atoms with E-state index in [0.29, 0.717) is 6.42 Å². The van der Waals surface area contributed by atoms with Crippen LogP contribution in [0.4, 0.5) is 17.6 Å². The Hall–Kier alpha value is -2.57. The third-order valence-electron chi connectivity index (χ3n) is 4.00. The van der Waals surface area contributed by atoms with Crippen LogP contribution in [0.1, 0.15) is 24.4 Å². The maximum Gasteiger partial charge on any atom is 0.461 e. The van der Waals surface area contributed by atoms with Crippen LogP contribution in [0.2, 0.25) is 0 Å². The monoisotopic (exact) mass is 353 g/mol. The van der Waals surface area contributed by atoms with Crippen molar-refractivity contribution in [3.63, 3.8) is 0 Å². The molecule has 0 aromatic heterocycles. The predicted octanol–water partition coefficient (Wildman–Crippen LogP) is 4.54. The summed E-state index contributed by atoms with van der Waals surface area (Å²) in [6, 6.07) is 13.0. The summed E-state index contributed by atoms with van der Waals surface area (Å²) >= 11 is 0. The lowest BCUT2D eigenvalue weighted by Gasteiger charge is -2.17. The number of halogens is 4. The molecule has 1 N–H and O–H groups in total. The molecule has 1 aliphatic heterocycles. The zero-order valence-electron chi connectivity index (χ0n) is 13.0. The summed E-state index contributed by atoms with van der Waals surface area (Å²) in [5.74, 6) is -0.301. The minimum absolute atomic E-state index is 0.00824. The number of alkyl halides is 4. The topological polar surface area (TPSA) is 38.3 Å². The number of hydrogen-bond acceptors (Lipinski definition) is 2. The van der Waals surface area contributed by atoms with Crippen LogP contribution in [0.25, 0.3) is 11.1 Å². The fourth-order valence-corrected chi connectivity index (χ4v) is 2.69. The summed E-state index contributed by atoms with van der Waals surface area (Å²) in [4.78, 5) is 11.3. The second-order valence-electron chi connectivity index (χ2n) is 5.77. The van der Waals surface area contributed by atoms with E-state index in [1.54, 1.807) is 0 Å². The molecule has 0 aliphatic carbocycles. The Labute approximate surface area is 141 Å². The number of nitrogens with one attached hydrogen (secondary N) is 1. The van der Waals surface area contributed by atoms with Gasteiger partial charge in [-0.3, -0.25) is 4.79 Å². The number of carbonyl (C=O) groups excluding carboxylic acids is 1. The van der Waals surface area contributed by atoms with E-state index < -0.39 is 12.5 Å². The van der Waals surface area contributed by atoms with Gasteiger partial charge in [0.25, 0.3) is 0 Å². The fraction of sp³-hybridized carbons (Fsp3) is 0.278. The van der Waals surface area contributed by atoms with Gasteiger partial charge in [0, 0.05) is 6.42 Å². The van der Waals surface area contributed by atoms with E-state index in [-0.39, 0.29) is 17.7 Å². The highest BCUT2D eigenvalue weighted by Crippen LogP contribution is 2.30. The van der Waals surface area contributed by atoms with Crippen molar-refractivity contribution in [2.75, 3.05) is 0 Å². The largest absolute Gasteiger partial charge is 0.461 e. The van der Waals surface area contributed by atoms with Crippen LogP contribution < -0.4 is 10.1 Å². The van der Waals surface area contributed by atoms with E-state index in [1.807, 2.05) is 24.3 Å². The molecule has 1 fully saturated rings. The lowest BCUT2D eigenvalue weighted by atomic mass is 10.00. The quantitative estimate of drug-likeness (QED) is 0.802. The number of carbonyl (C=O) groups is 1. The van der Waals surface area contributed by atoms with E-state index in [1.165, 1.54) is 24.3 Å². The first-order valence-electron chi connectivity index (χ1n) is 7.70. The first-order valence-corrected chi connectivity index (χ1v) is 7.70. The molecule has 1 amide bonds. The molecule has 1 aliphatic rings. The van der Waals surface area contributed by atoms with Gasteiger partial charge in [-0.2, -0.15) is 17.6 Å². The van der Waals surface area contributed by atoms with Crippen molar-refractivity contribution in [3.05, 3.63) is 54.1 Å². The molecule has 3 rings (SSSR count). The molecular weight excluding hydrogens is 338 g/mol. The molecule has 1 heterocycles. The average Bonchev–Trinajstić information content (AvgIpc) is 3.02. The fourth-order valence-electron chi connectivity index (χ4n) is 2.69. The maximum atomic E-state index is 12.9. The molecule has 1 unspecified atom stereocenters. The average molecular weight is 353 g/mol. The van der Waals surface area contributed by atoms with Gasteiger partial charge < -0.3 is 10.1 Å². The van der Waals surface area contributed by atoms with Crippen molar-refractivity contribution in [1.82, 2.24) is 5.32 Å². The molecule has 2 aromatic rings. The Kier molecular flexibility index (Phi) is 4.65. The molecule has 3 nitrogen and oxygen atoms in total. The number of amides is 1. The van der Waals surface area contributed by atoms with Crippen molar-refractivity contribution in [1.29, 1.82) is 0 Å². The van der Waals surface area contributed by atoms with Crippen LogP contribution in [0.15, 0.2) is 48.5 Å². The van der Waals surface area contributed by atoms with E-state index in [2.05, 4.69) is 10.1 Å². The predicted molar refractivity (Wildman–Crippen MR) is 83.6 cm³/mol. The molecule has 1 saturated heterocycles. The van der Waals surface area contributed by atoms with Gasteiger partial charge in [-0.05, 0) is 35.2 Å². The SMILES string of the molecule is O=C1CCC(c2ccc(-c3ccc(OC(F)(F)C(F)F)cc3)cc2)N1. The standard InChI is InChI=1S/C18H15F4NO2/c19-17(20)18(21,22)25-14-7-5-12(6-8-14)11-1-3-13(4-2-11)15-9-10-16(24)23-15/h1-8,15,17H,9-10H2,(H,23,24). The van der Waals surface area contributed by atoms with Crippen molar-refractivity contribution in [3.8, 4) is 16.9 Å². The summed E-state index contributed by atoms with van der Waals surface area (Å²) in [6.07, 6.45) is -7.15. The molecular formula is C18H15F4NO2. The second-order valence-corrected chi connectivity index (χ2v) is 5.77. The Morgan fingerprint density at radius 3 is 2.04 bits per heavy atom. The molecule has 132 valence electrons. The molecule has 25 heavy (non-hydrogen) atoms. The van der Waals surface area contributed by atoms with Gasteiger partial charge in [-0.15, -0.1) is 0 Å². The minimum Gasteiger partial charge on any atom is -0.428 e. The number of ether oxygens (including phenoxy) is 1. The molecule has 0 spiro atoms. The summed E-state index contributed by atoms with van der Waals surface area (Å²) in [6.45, 7) is 0. The smallest absolute Gasteiger partial charge is 0.428 e. The van der Waals surface area contributed by atoms with Gasteiger partial charge in [-0.25, -0.2) is 0 Å². The van der Waals surface area contributed by atoms with Crippen LogP contribution in [-0.2, 0) is 4.79 Å². The van der Waals surface area contributed by atoms with Gasteiger partial charge in [0.2, 0.25) is 5.91 Å². The molecule has 7 heteroatoms. The maximum absolute atomic E-state index is 12.9. The van der Waals surface area contributed by atoms with Crippen molar-refractivity contribution >= 4 is 5.91 Å². The molecule has 2 aromatic carbocycles. The van der Waals surface area contributed by atoms with E-state index in [4.69, 9.17) is 0 Å². The Morgan fingerprint density at radius 2 is 1.56 bits per heavy atom. The van der Waals surface area contributed by atoms with Gasteiger partial charge in [-0.1, -0.05) is 36.4 Å². The molecule has 1 atom stereocenters. The first kappa shape index (κ1) is 17.3. The van der Waals surface area contributed by atoms with E-state index >= 15 is 0 Å². The molecule has 0 bridgehead atoms. The normalized spacial score (nSPS) is 17.6. The minimum atomic E-state index is -4.52. The Bertz CT molecular complexity index is 745. The zero-order valence-corrected chi connectivity index (χ0v) is 13.0. The van der Waals surface area contributed by atoms with Crippen LogP contribution in [0.5, 0.6) is 5.75 Å². The highest BCUT2D eigenvalue weighted by Gasteiger charge is 2.43. The van der Waals surface area contributed by atoms with Gasteiger partial charge in [0.15, 0.2) is 0 Å². The number of hydrogen-bond donors (Lipinski definition) is 1. The number of rotatable bonds is 5. The van der Waals surface area contributed by atoms with Crippen molar-refractivity contribution in [2.24, 2.45) is 0 Å². The highest BCUT2D eigenvalue weighted by molar-refractivity contribution is 5.78. The summed E-state index contributed by atoms with van der Waals surface area (Å²) < 4.78 is 54.0. The van der Waals surface area contributed by atoms with Gasteiger partial charge in [0.1, 0.15) is 5.75 Å². The lowest BCUT2D eigenvalue weighted by molar-refractivity contribution is -0.253. The van der Waals surface area contributed by atoms with Crippen LogP contribution in [-0.4, -0.2) is 18.4 Å². The third-order valence-corrected chi connectivity index (χ3v) is 4.00. The van der Waals surface area contributed by atoms with E-state index in [9.17, 15) is 22.4 Å². The van der Waals surface area contributed by atoms with Crippen molar-refractivity contribution < 1.29 is 27.1 Å². The number of benzene rings is 2. The summed E-state index contributed by atoms with van der Waals surface area (Å²) in [7, 11) is 0. The van der Waals surface area contributed by atoms with Crippen LogP contribution in [0, 0.1) is 0 Å². The lowest BCUT2D eigenvalue weighted by Crippen LogP contribution is -2.33. The van der Waals surface area contributed by atoms with Gasteiger partial charge >= 0.3 is 12.5 Å². The summed E-state index contributed by atoms with van der Waals surface area (Å²) in [5, 5.41) is 2.88. The first-order chi connectivity index (χ1) is 11.8. The molecule has 0 radical (unpaired) electrons. The van der Waals surface area contributed by atoms with Crippen LogP contribution in [0.3, 0.4) is 0 Å². The Balaban J connectivity index is 1.71. The Morgan fingerprint density at radius 1 is 1.00 bits per heavy atom. The zero-order chi connectivity index (χ0) is 18.0. The van der Waals surface area contributed by atoms with Gasteiger partial charge in [0.05, 0.1) is 6.04 Å². The summed E-state index contributed by atoms with van der Waals surface area (Å²) in [5.41, 5.74) is 2.56. The van der Waals surface area contributed by atoms with Crippen LogP contribution >= 0.6 is 0 Å². The highest BCUT2D eigenvalue weighted by atomic mass is 19.3. The second kappa shape index (κ2) is 6.74. The van der Waals surface area contributed by atoms with E-state index in [0.717, 1.165) is 23.1 Å². The van der Waals surface area contributed by atoms with Crippen molar-refractivity contribution in [2.45, 2.75) is 31.4 Å². The molecule has 0 saturated carbocycles.